The minimum absolute atomic E-state index is 0.151. The van der Waals surface area contributed by atoms with Gasteiger partial charge in [0.05, 0.1) is 17.1 Å². The zero-order valence-electron chi connectivity index (χ0n) is 13.1. The lowest BCUT2D eigenvalue weighted by Crippen LogP contribution is -2.69. The number of thiocarbonyl (C=S) groups is 1. The van der Waals surface area contributed by atoms with E-state index >= 15 is 0 Å². The zero-order chi connectivity index (χ0) is 18.0. The van der Waals surface area contributed by atoms with Crippen LogP contribution in [0, 0.1) is 5.92 Å². The summed E-state index contributed by atoms with van der Waals surface area (Å²) in [5, 5.41) is 8.21. The Morgan fingerprint density at radius 1 is 1.44 bits per heavy atom. The molecule has 2 unspecified atom stereocenters. The molecule has 0 saturated carbocycles. The highest BCUT2D eigenvalue weighted by molar-refractivity contribution is 7.80. The maximum Gasteiger partial charge on any atom is 0.276 e. The largest absolute Gasteiger partial charge is 0.482 e. The zero-order valence-corrected chi connectivity index (χ0v) is 15.4. The summed E-state index contributed by atoms with van der Waals surface area (Å²) < 4.78 is 5.36. The summed E-state index contributed by atoms with van der Waals surface area (Å²) in [6.07, 6.45) is 1.43. The van der Waals surface area contributed by atoms with Crippen LogP contribution in [0.2, 0.25) is 10.0 Å². The summed E-state index contributed by atoms with van der Waals surface area (Å²) in [5.74, 6) is -0.708. The van der Waals surface area contributed by atoms with Crippen molar-refractivity contribution in [1.29, 1.82) is 0 Å². The maximum atomic E-state index is 12.5. The van der Waals surface area contributed by atoms with Crippen LogP contribution in [0.5, 0.6) is 5.75 Å². The number of halogens is 2. The number of hydrogen-bond donors (Lipinski definition) is 3. The van der Waals surface area contributed by atoms with Crippen LogP contribution in [0.15, 0.2) is 18.2 Å². The minimum atomic E-state index is -0.522. The van der Waals surface area contributed by atoms with Gasteiger partial charge in [-0.3, -0.25) is 20.3 Å². The van der Waals surface area contributed by atoms with Crippen molar-refractivity contribution in [2.45, 2.75) is 19.0 Å². The normalized spacial score (nSPS) is 22.9. The van der Waals surface area contributed by atoms with Gasteiger partial charge in [0.1, 0.15) is 5.75 Å². The van der Waals surface area contributed by atoms with Gasteiger partial charge in [-0.05, 0) is 49.8 Å². The summed E-state index contributed by atoms with van der Waals surface area (Å²) in [4.78, 5) is 24.7. The molecule has 3 rings (SSSR count). The second-order valence-corrected chi connectivity index (χ2v) is 6.93. The van der Waals surface area contributed by atoms with Gasteiger partial charge in [-0.15, -0.1) is 0 Å². The molecular weight excluding hydrogens is 387 g/mol. The monoisotopic (exact) mass is 402 g/mol. The summed E-state index contributed by atoms with van der Waals surface area (Å²) >= 11 is 17.0. The third kappa shape index (κ3) is 4.14. The number of hydrazine groups is 1. The van der Waals surface area contributed by atoms with Gasteiger partial charge < -0.3 is 10.1 Å². The standard InChI is InChI=1S/C15H16Cl2N4O3S/c16-8-3-4-11(10(17)6-8)24-7-12(22)20-21-14(23)9-2-1-5-18-13(9)19-15(21)25/h3-4,6,9,13,18H,1-2,5,7H2,(H,19,25)(H,20,22). The second kappa shape index (κ2) is 7.74. The fourth-order valence-corrected chi connectivity index (χ4v) is 3.49. The van der Waals surface area contributed by atoms with E-state index in [0.717, 1.165) is 24.4 Å². The quantitative estimate of drug-likeness (QED) is 0.661. The molecular formula is C15H16Cl2N4O3S. The molecule has 2 heterocycles. The number of piperidine rings is 1. The van der Waals surface area contributed by atoms with Crippen molar-refractivity contribution in [3.8, 4) is 5.75 Å². The molecule has 3 N–H and O–H groups in total. The Balaban J connectivity index is 1.58. The van der Waals surface area contributed by atoms with E-state index in [1.54, 1.807) is 12.1 Å². The fraction of sp³-hybridized carbons (Fsp3) is 0.400. The molecule has 2 saturated heterocycles. The van der Waals surface area contributed by atoms with Gasteiger partial charge in [0, 0.05) is 5.02 Å². The Labute approximate surface area is 159 Å². The first kappa shape index (κ1) is 18.2. The Morgan fingerprint density at radius 2 is 2.24 bits per heavy atom. The van der Waals surface area contributed by atoms with E-state index in [4.69, 9.17) is 40.2 Å². The second-order valence-electron chi connectivity index (χ2n) is 5.70. The summed E-state index contributed by atoms with van der Waals surface area (Å²) in [6.45, 7) is 0.506. The van der Waals surface area contributed by atoms with Gasteiger partial charge in [0.15, 0.2) is 11.7 Å². The van der Waals surface area contributed by atoms with Gasteiger partial charge in [-0.2, -0.15) is 5.01 Å². The Kier molecular flexibility index (Phi) is 5.63. The minimum Gasteiger partial charge on any atom is -0.482 e. The number of rotatable bonds is 4. The molecule has 1 aromatic rings. The number of carbonyl (C=O) groups excluding carboxylic acids is 2. The molecule has 2 aliphatic heterocycles. The van der Waals surface area contributed by atoms with Crippen LogP contribution in [-0.4, -0.2) is 41.3 Å². The van der Waals surface area contributed by atoms with Crippen molar-refractivity contribution in [2.75, 3.05) is 13.2 Å². The number of nitrogens with zero attached hydrogens (tertiary/aromatic N) is 1. The SMILES string of the molecule is O=C(COc1ccc(Cl)cc1Cl)NN1C(=O)C2CCCNC2NC1=S. The number of fused-ring (bicyclic) bond motifs is 1. The molecule has 25 heavy (non-hydrogen) atoms. The van der Waals surface area contributed by atoms with Crippen LogP contribution in [0.4, 0.5) is 0 Å². The first-order valence-corrected chi connectivity index (χ1v) is 8.87. The van der Waals surface area contributed by atoms with E-state index in [0.29, 0.717) is 15.8 Å². The predicted octanol–water partition coefficient (Wildman–Crippen LogP) is 1.45. The molecule has 0 radical (unpaired) electrons. The highest BCUT2D eigenvalue weighted by Gasteiger charge is 2.41. The fourth-order valence-electron chi connectivity index (χ4n) is 2.77. The van der Waals surface area contributed by atoms with Crippen molar-refractivity contribution in [3.63, 3.8) is 0 Å². The number of amides is 2. The maximum absolute atomic E-state index is 12.5. The molecule has 2 fully saturated rings. The van der Waals surface area contributed by atoms with Crippen LogP contribution < -0.4 is 20.8 Å². The van der Waals surface area contributed by atoms with Crippen LogP contribution in [0.3, 0.4) is 0 Å². The molecule has 0 spiro atoms. The van der Waals surface area contributed by atoms with Crippen molar-refractivity contribution < 1.29 is 14.3 Å². The predicted molar refractivity (Wildman–Crippen MR) is 97.2 cm³/mol. The van der Waals surface area contributed by atoms with Crippen LogP contribution in [-0.2, 0) is 9.59 Å². The van der Waals surface area contributed by atoms with Gasteiger partial charge in [0.25, 0.3) is 11.8 Å². The van der Waals surface area contributed by atoms with Crippen molar-refractivity contribution in [3.05, 3.63) is 28.2 Å². The molecule has 7 nitrogen and oxygen atoms in total. The molecule has 0 aliphatic carbocycles. The molecule has 0 aromatic heterocycles. The van der Waals surface area contributed by atoms with Crippen molar-refractivity contribution in [1.82, 2.24) is 21.1 Å². The van der Waals surface area contributed by atoms with E-state index in [1.165, 1.54) is 6.07 Å². The van der Waals surface area contributed by atoms with E-state index in [1.807, 2.05) is 0 Å². The highest BCUT2D eigenvalue weighted by Crippen LogP contribution is 2.27. The van der Waals surface area contributed by atoms with E-state index < -0.39 is 5.91 Å². The Bertz CT molecular complexity index is 718. The van der Waals surface area contributed by atoms with Crippen LogP contribution in [0.1, 0.15) is 12.8 Å². The van der Waals surface area contributed by atoms with E-state index in [9.17, 15) is 9.59 Å². The number of ether oxygens (including phenoxy) is 1. The van der Waals surface area contributed by atoms with Crippen molar-refractivity contribution in [2.24, 2.45) is 5.92 Å². The average Bonchev–Trinajstić information content (AvgIpc) is 2.58. The lowest BCUT2D eigenvalue weighted by molar-refractivity contribution is -0.143. The Hall–Kier alpha value is -1.61. The van der Waals surface area contributed by atoms with E-state index in [2.05, 4.69) is 16.1 Å². The highest BCUT2D eigenvalue weighted by atomic mass is 35.5. The van der Waals surface area contributed by atoms with Gasteiger partial charge >= 0.3 is 0 Å². The van der Waals surface area contributed by atoms with Gasteiger partial charge in [-0.1, -0.05) is 23.2 Å². The lowest BCUT2D eigenvalue weighted by Gasteiger charge is -2.41. The third-order valence-electron chi connectivity index (χ3n) is 3.97. The summed E-state index contributed by atoms with van der Waals surface area (Å²) in [7, 11) is 0. The number of hydrogen-bond acceptors (Lipinski definition) is 5. The van der Waals surface area contributed by atoms with Crippen LogP contribution in [0.25, 0.3) is 0 Å². The topological polar surface area (TPSA) is 82.7 Å². The number of carbonyl (C=O) groups is 2. The first-order chi connectivity index (χ1) is 12.0. The van der Waals surface area contributed by atoms with Gasteiger partial charge in [-0.25, -0.2) is 0 Å². The molecule has 10 heteroatoms. The Morgan fingerprint density at radius 3 is 3.00 bits per heavy atom. The number of benzene rings is 1. The number of nitrogens with one attached hydrogen (secondary N) is 3. The molecule has 2 amide bonds. The molecule has 1 aromatic carbocycles. The summed E-state index contributed by atoms with van der Waals surface area (Å²) in [6, 6.07) is 4.68. The lowest BCUT2D eigenvalue weighted by atomic mass is 9.93. The average molecular weight is 403 g/mol. The van der Waals surface area contributed by atoms with Gasteiger partial charge in [0.2, 0.25) is 0 Å². The molecule has 134 valence electrons. The molecule has 2 aliphatic rings. The van der Waals surface area contributed by atoms with Crippen LogP contribution >= 0.6 is 35.4 Å². The van der Waals surface area contributed by atoms with Crippen molar-refractivity contribution >= 4 is 52.3 Å². The first-order valence-electron chi connectivity index (χ1n) is 7.71. The third-order valence-corrected chi connectivity index (χ3v) is 4.80. The molecule has 2 atom stereocenters. The molecule has 0 bridgehead atoms. The summed E-state index contributed by atoms with van der Waals surface area (Å²) in [5.41, 5.74) is 2.47. The smallest absolute Gasteiger partial charge is 0.276 e. The van der Waals surface area contributed by atoms with E-state index in [-0.39, 0.29) is 29.7 Å².